The molecule has 0 atom stereocenters. The Balaban J connectivity index is 1.65. The minimum atomic E-state index is 0.724. The van der Waals surface area contributed by atoms with Gasteiger partial charge in [-0.25, -0.2) is 0 Å². The molecule has 0 saturated heterocycles. The van der Waals surface area contributed by atoms with E-state index >= 15 is 0 Å². The molecular formula is C18H16ClNO. The Hall–Kier alpha value is -1.77. The zero-order valence-corrected chi connectivity index (χ0v) is 12.4. The van der Waals surface area contributed by atoms with Crippen LogP contribution < -0.4 is 5.32 Å². The third-order valence-electron chi connectivity index (χ3n) is 3.86. The second kappa shape index (κ2) is 5.21. The summed E-state index contributed by atoms with van der Waals surface area (Å²) in [5, 5.41) is 5.31. The van der Waals surface area contributed by atoms with Gasteiger partial charge in [-0.15, -0.1) is 0 Å². The van der Waals surface area contributed by atoms with Crippen LogP contribution in [0.1, 0.15) is 18.4 Å². The largest absolute Gasteiger partial charge is 0.456 e. The molecule has 1 aliphatic carbocycles. The summed E-state index contributed by atoms with van der Waals surface area (Å²) in [5.74, 6) is 0.889. The van der Waals surface area contributed by atoms with E-state index in [-0.39, 0.29) is 0 Å². The number of nitrogens with one attached hydrogen (secondary N) is 1. The van der Waals surface area contributed by atoms with E-state index in [0.717, 1.165) is 39.9 Å². The van der Waals surface area contributed by atoms with Crippen LogP contribution in [0.2, 0.25) is 5.02 Å². The van der Waals surface area contributed by atoms with E-state index in [1.54, 1.807) is 0 Å². The van der Waals surface area contributed by atoms with Crippen molar-refractivity contribution in [3.05, 3.63) is 59.1 Å². The van der Waals surface area contributed by atoms with Gasteiger partial charge in [0.05, 0.1) is 0 Å². The lowest BCUT2D eigenvalue weighted by Crippen LogP contribution is -2.15. The molecule has 1 N–H and O–H groups in total. The van der Waals surface area contributed by atoms with Crippen LogP contribution in [0.15, 0.2) is 52.9 Å². The predicted octanol–water partition coefficient (Wildman–Crippen LogP) is 5.01. The lowest BCUT2D eigenvalue weighted by molar-refractivity contribution is 0.631. The van der Waals surface area contributed by atoms with Crippen molar-refractivity contribution in [2.45, 2.75) is 25.4 Å². The number of hydrogen-bond acceptors (Lipinski definition) is 2. The maximum absolute atomic E-state index is 6.03. The molecular weight excluding hydrogens is 282 g/mol. The van der Waals surface area contributed by atoms with Crippen molar-refractivity contribution in [3.63, 3.8) is 0 Å². The fourth-order valence-corrected chi connectivity index (χ4v) is 2.72. The van der Waals surface area contributed by atoms with E-state index in [1.165, 1.54) is 18.4 Å². The Morgan fingerprint density at radius 3 is 2.86 bits per heavy atom. The summed E-state index contributed by atoms with van der Waals surface area (Å²) in [6.45, 7) is 0.921. The number of hydrogen-bond donors (Lipinski definition) is 1. The summed E-state index contributed by atoms with van der Waals surface area (Å²) < 4.78 is 5.92. The molecule has 1 fully saturated rings. The van der Waals surface area contributed by atoms with Gasteiger partial charge in [-0.1, -0.05) is 29.8 Å². The Morgan fingerprint density at radius 1 is 1.10 bits per heavy atom. The molecule has 1 saturated carbocycles. The number of rotatable bonds is 4. The Labute approximate surface area is 128 Å². The number of benzene rings is 2. The van der Waals surface area contributed by atoms with Crippen LogP contribution in [-0.2, 0) is 6.54 Å². The molecule has 21 heavy (non-hydrogen) atoms. The van der Waals surface area contributed by atoms with Crippen molar-refractivity contribution < 1.29 is 4.42 Å². The molecule has 1 aliphatic rings. The summed E-state index contributed by atoms with van der Waals surface area (Å²) in [4.78, 5) is 0. The monoisotopic (exact) mass is 297 g/mol. The third kappa shape index (κ3) is 2.82. The summed E-state index contributed by atoms with van der Waals surface area (Å²) in [5.41, 5.74) is 3.27. The van der Waals surface area contributed by atoms with Crippen molar-refractivity contribution in [2.24, 2.45) is 0 Å². The van der Waals surface area contributed by atoms with E-state index in [1.807, 2.05) is 18.2 Å². The summed E-state index contributed by atoms with van der Waals surface area (Å²) >= 11 is 6.03. The molecule has 1 aromatic heterocycles. The normalized spacial score (nSPS) is 14.7. The van der Waals surface area contributed by atoms with Gasteiger partial charge in [0, 0.05) is 28.6 Å². The fraction of sp³-hybridized carbons (Fsp3) is 0.222. The van der Waals surface area contributed by atoms with Gasteiger partial charge in [-0.3, -0.25) is 0 Å². The average molecular weight is 298 g/mol. The zero-order chi connectivity index (χ0) is 14.2. The van der Waals surface area contributed by atoms with Crippen molar-refractivity contribution >= 4 is 22.6 Å². The van der Waals surface area contributed by atoms with Gasteiger partial charge < -0.3 is 9.73 Å². The molecule has 3 aromatic rings. The summed E-state index contributed by atoms with van der Waals surface area (Å²) in [7, 11) is 0. The quantitative estimate of drug-likeness (QED) is 0.732. The van der Waals surface area contributed by atoms with Crippen molar-refractivity contribution in [3.8, 4) is 11.3 Å². The van der Waals surface area contributed by atoms with E-state index in [0.29, 0.717) is 0 Å². The molecule has 0 aliphatic heterocycles. The van der Waals surface area contributed by atoms with Crippen molar-refractivity contribution in [1.82, 2.24) is 5.32 Å². The second-order valence-electron chi connectivity index (χ2n) is 5.65. The Morgan fingerprint density at radius 2 is 2.00 bits per heavy atom. The molecule has 106 valence electrons. The molecule has 1 heterocycles. The van der Waals surface area contributed by atoms with Gasteiger partial charge in [-0.2, -0.15) is 0 Å². The number of halogens is 1. The van der Waals surface area contributed by atoms with Gasteiger partial charge in [0.2, 0.25) is 0 Å². The van der Waals surface area contributed by atoms with Gasteiger partial charge in [0.25, 0.3) is 0 Å². The van der Waals surface area contributed by atoms with Crippen LogP contribution in [-0.4, -0.2) is 6.04 Å². The van der Waals surface area contributed by atoms with Crippen LogP contribution in [0.5, 0.6) is 0 Å². The lowest BCUT2D eigenvalue weighted by atomic mass is 10.1. The van der Waals surface area contributed by atoms with Crippen molar-refractivity contribution in [1.29, 1.82) is 0 Å². The van der Waals surface area contributed by atoms with Crippen LogP contribution >= 0.6 is 11.6 Å². The highest BCUT2D eigenvalue weighted by Crippen LogP contribution is 2.30. The van der Waals surface area contributed by atoms with E-state index in [4.69, 9.17) is 16.0 Å². The topological polar surface area (TPSA) is 25.2 Å². The highest BCUT2D eigenvalue weighted by atomic mass is 35.5. The zero-order valence-electron chi connectivity index (χ0n) is 11.6. The lowest BCUT2D eigenvalue weighted by Gasteiger charge is -2.04. The van der Waals surface area contributed by atoms with Crippen LogP contribution in [0.3, 0.4) is 0 Å². The predicted molar refractivity (Wildman–Crippen MR) is 86.5 cm³/mol. The SMILES string of the molecule is Clc1ccc2oc(-c3cccc(CNC4CC4)c3)cc2c1. The maximum atomic E-state index is 6.03. The van der Waals surface area contributed by atoms with Gasteiger partial charge in [-0.05, 0) is 48.7 Å². The minimum absolute atomic E-state index is 0.724. The van der Waals surface area contributed by atoms with Crippen LogP contribution in [0.4, 0.5) is 0 Å². The maximum Gasteiger partial charge on any atom is 0.135 e. The standard InChI is InChI=1S/C18H16ClNO/c19-15-4-7-17-14(9-15)10-18(21-17)13-3-1-2-12(8-13)11-20-16-5-6-16/h1-4,7-10,16,20H,5-6,11H2. The molecule has 0 radical (unpaired) electrons. The van der Waals surface area contributed by atoms with E-state index in [2.05, 4.69) is 35.6 Å². The molecule has 2 nitrogen and oxygen atoms in total. The number of furan rings is 1. The van der Waals surface area contributed by atoms with Crippen LogP contribution in [0.25, 0.3) is 22.3 Å². The molecule has 0 unspecified atom stereocenters. The van der Waals surface area contributed by atoms with Crippen molar-refractivity contribution in [2.75, 3.05) is 0 Å². The van der Waals surface area contributed by atoms with Crippen LogP contribution in [0, 0.1) is 0 Å². The summed E-state index contributed by atoms with van der Waals surface area (Å²) in [6.07, 6.45) is 2.62. The smallest absolute Gasteiger partial charge is 0.135 e. The van der Waals surface area contributed by atoms with E-state index in [9.17, 15) is 0 Å². The number of fused-ring (bicyclic) bond motifs is 1. The first-order valence-corrected chi connectivity index (χ1v) is 7.67. The molecule has 0 bridgehead atoms. The van der Waals surface area contributed by atoms with Gasteiger partial charge >= 0.3 is 0 Å². The van der Waals surface area contributed by atoms with Gasteiger partial charge in [0.15, 0.2) is 0 Å². The van der Waals surface area contributed by atoms with Gasteiger partial charge in [0.1, 0.15) is 11.3 Å². The summed E-state index contributed by atoms with van der Waals surface area (Å²) in [6, 6.07) is 17.0. The highest BCUT2D eigenvalue weighted by Gasteiger charge is 2.19. The molecule has 0 amide bonds. The second-order valence-corrected chi connectivity index (χ2v) is 6.08. The Kier molecular flexibility index (Phi) is 3.21. The first-order chi connectivity index (χ1) is 10.3. The minimum Gasteiger partial charge on any atom is -0.456 e. The molecule has 0 spiro atoms. The third-order valence-corrected chi connectivity index (χ3v) is 4.10. The first kappa shape index (κ1) is 12.9. The first-order valence-electron chi connectivity index (χ1n) is 7.30. The Bertz CT molecular complexity index is 789. The molecule has 2 aromatic carbocycles. The average Bonchev–Trinajstić information content (AvgIpc) is 3.23. The van der Waals surface area contributed by atoms with E-state index < -0.39 is 0 Å². The highest BCUT2D eigenvalue weighted by molar-refractivity contribution is 6.31. The fourth-order valence-electron chi connectivity index (χ4n) is 2.54. The molecule has 3 heteroatoms. The molecule has 4 rings (SSSR count).